The first-order valence-electron chi connectivity index (χ1n) is 7.19. The van der Waals surface area contributed by atoms with Gasteiger partial charge in [0.05, 0.1) is 27.0 Å². The van der Waals surface area contributed by atoms with Crippen molar-refractivity contribution in [3.05, 3.63) is 34.1 Å². The van der Waals surface area contributed by atoms with E-state index in [1.165, 1.54) is 0 Å². The van der Waals surface area contributed by atoms with Crippen LogP contribution in [-0.2, 0) is 20.1 Å². The second-order valence-corrected chi connectivity index (χ2v) is 5.47. The van der Waals surface area contributed by atoms with Crippen LogP contribution in [-0.4, -0.2) is 31.1 Å². The van der Waals surface area contributed by atoms with Crippen LogP contribution < -0.4 is 19.5 Å². The summed E-state index contributed by atoms with van der Waals surface area (Å²) in [5, 5.41) is 8.32. The molecule has 0 atom stereocenters. The van der Waals surface area contributed by atoms with Crippen molar-refractivity contribution in [3.8, 4) is 17.2 Å². The summed E-state index contributed by atoms with van der Waals surface area (Å²) in [5.41, 5.74) is 2.95. The van der Waals surface area contributed by atoms with Gasteiger partial charge in [0.15, 0.2) is 11.5 Å². The van der Waals surface area contributed by atoms with Gasteiger partial charge in [-0.05, 0) is 24.6 Å². The van der Waals surface area contributed by atoms with Gasteiger partial charge in [0, 0.05) is 25.7 Å². The Morgan fingerprint density at radius 3 is 2.13 bits per heavy atom. The summed E-state index contributed by atoms with van der Waals surface area (Å²) in [6.45, 7) is 3.22. The van der Waals surface area contributed by atoms with E-state index in [1.807, 2.05) is 26.1 Å². The lowest BCUT2D eigenvalue weighted by molar-refractivity contribution is 0.323. The molecule has 126 valence electrons. The van der Waals surface area contributed by atoms with Gasteiger partial charge < -0.3 is 19.5 Å². The van der Waals surface area contributed by atoms with E-state index in [4.69, 9.17) is 25.8 Å². The minimum absolute atomic E-state index is 0.588. The van der Waals surface area contributed by atoms with Crippen LogP contribution in [0.25, 0.3) is 0 Å². The molecule has 1 N–H and O–H groups in total. The highest BCUT2D eigenvalue weighted by Gasteiger charge is 2.14. The van der Waals surface area contributed by atoms with Crippen molar-refractivity contribution in [1.82, 2.24) is 15.1 Å². The first-order chi connectivity index (χ1) is 11.0. The Balaban J connectivity index is 2.11. The van der Waals surface area contributed by atoms with Crippen LogP contribution in [0.15, 0.2) is 12.1 Å². The Morgan fingerprint density at radius 1 is 1.09 bits per heavy atom. The molecular weight excluding hydrogens is 318 g/mol. The third-order valence-electron chi connectivity index (χ3n) is 3.63. The second-order valence-electron chi connectivity index (χ2n) is 5.12. The third kappa shape index (κ3) is 3.71. The Hall–Kier alpha value is -1.92. The number of hydrogen-bond donors (Lipinski definition) is 1. The van der Waals surface area contributed by atoms with Gasteiger partial charge in [0.1, 0.15) is 5.15 Å². The number of nitrogens with one attached hydrogen (secondary N) is 1. The summed E-state index contributed by atoms with van der Waals surface area (Å²) in [5.74, 6) is 1.86. The first-order valence-corrected chi connectivity index (χ1v) is 7.57. The average Bonchev–Trinajstić information content (AvgIpc) is 2.79. The van der Waals surface area contributed by atoms with E-state index in [9.17, 15) is 0 Å². The zero-order chi connectivity index (χ0) is 17.0. The lowest BCUT2D eigenvalue weighted by Crippen LogP contribution is -2.13. The maximum atomic E-state index is 6.23. The number of ether oxygens (including phenoxy) is 3. The van der Waals surface area contributed by atoms with Gasteiger partial charge in [0.25, 0.3) is 0 Å². The van der Waals surface area contributed by atoms with Crippen molar-refractivity contribution < 1.29 is 14.2 Å². The summed E-state index contributed by atoms with van der Waals surface area (Å²) >= 11 is 6.23. The molecule has 1 aromatic carbocycles. The highest BCUT2D eigenvalue weighted by Crippen LogP contribution is 2.38. The third-order valence-corrected chi connectivity index (χ3v) is 4.10. The molecule has 0 aliphatic carbocycles. The molecule has 0 unspecified atom stereocenters. The lowest BCUT2D eigenvalue weighted by Gasteiger charge is -2.14. The van der Waals surface area contributed by atoms with E-state index < -0.39 is 0 Å². The van der Waals surface area contributed by atoms with Gasteiger partial charge in [-0.15, -0.1) is 0 Å². The summed E-state index contributed by atoms with van der Waals surface area (Å²) in [6.07, 6.45) is 0. The fraction of sp³-hybridized carbons (Fsp3) is 0.438. The maximum Gasteiger partial charge on any atom is 0.203 e. The highest BCUT2D eigenvalue weighted by molar-refractivity contribution is 6.30. The molecule has 0 aliphatic rings. The standard InChI is InChI=1S/C16H22ClN3O3/c1-10-12(16(17)20(2)19-10)9-18-8-11-6-13(21-3)15(23-5)14(7-11)22-4/h6-7,18H,8-9H2,1-5H3. The van der Waals surface area contributed by atoms with E-state index in [0.29, 0.717) is 35.5 Å². The molecule has 1 heterocycles. The second kappa shape index (κ2) is 7.57. The minimum atomic E-state index is 0.588. The number of halogens is 1. The number of hydrogen-bond acceptors (Lipinski definition) is 5. The van der Waals surface area contributed by atoms with Gasteiger partial charge in [-0.1, -0.05) is 11.6 Å². The summed E-state index contributed by atoms with van der Waals surface area (Å²) in [6, 6.07) is 3.85. The van der Waals surface area contributed by atoms with Crippen molar-refractivity contribution in [2.45, 2.75) is 20.0 Å². The summed E-state index contributed by atoms with van der Waals surface area (Å²) < 4.78 is 17.7. The minimum Gasteiger partial charge on any atom is -0.493 e. The molecule has 0 saturated carbocycles. The molecule has 7 heteroatoms. The van der Waals surface area contributed by atoms with E-state index >= 15 is 0 Å². The molecule has 23 heavy (non-hydrogen) atoms. The Kier molecular flexibility index (Phi) is 5.74. The van der Waals surface area contributed by atoms with E-state index in [0.717, 1.165) is 16.8 Å². The Labute approximate surface area is 141 Å². The topological polar surface area (TPSA) is 57.5 Å². The molecule has 2 aromatic rings. The van der Waals surface area contributed by atoms with Gasteiger partial charge in [0.2, 0.25) is 5.75 Å². The average molecular weight is 340 g/mol. The summed E-state index contributed by atoms with van der Waals surface area (Å²) in [7, 11) is 6.63. The van der Waals surface area contributed by atoms with Crippen molar-refractivity contribution in [2.75, 3.05) is 21.3 Å². The van der Waals surface area contributed by atoms with Crippen LogP contribution in [0.1, 0.15) is 16.8 Å². The molecule has 0 saturated heterocycles. The molecule has 0 aliphatic heterocycles. The fourth-order valence-corrected chi connectivity index (χ4v) is 2.69. The zero-order valence-electron chi connectivity index (χ0n) is 14.1. The smallest absolute Gasteiger partial charge is 0.203 e. The van der Waals surface area contributed by atoms with Crippen LogP contribution in [0.5, 0.6) is 17.2 Å². The largest absolute Gasteiger partial charge is 0.493 e. The van der Waals surface area contributed by atoms with Crippen LogP contribution >= 0.6 is 11.6 Å². The normalized spacial score (nSPS) is 10.7. The van der Waals surface area contributed by atoms with Crippen LogP contribution in [0.2, 0.25) is 5.15 Å². The molecule has 2 rings (SSSR count). The van der Waals surface area contributed by atoms with E-state index in [2.05, 4.69) is 10.4 Å². The van der Waals surface area contributed by atoms with Crippen LogP contribution in [0.3, 0.4) is 0 Å². The lowest BCUT2D eigenvalue weighted by atomic mass is 10.1. The quantitative estimate of drug-likeness (QED) is 0.840. The SMILES string of the molecule is COc1cc(CNCc2c(C)nn(C)c2Cl)cc(OC)c1OC. The molecule has 6 nitrogen and oxygen atoms in total. The van der Waals surface area contributed by atoms with Gasteiger partial charge in [-0.2, -0.15) is 5.10 Å². The fourth-order valence-electron chi connectivity index (χ4n) is 2.44. The van der Waals surface area contributed by atoms with E-state index in [1.54, 1.807) is 26.0 Å². The number of aromatic nitrogens is 2. The number of nitrogens with zero attached hydrogens (tertiary/aromatic N) is 2. The molecule has 0 amide bonds. The van der Waals surface area contributed by atoms with Crippen LogP contribution in [0.4, 0.5) is 0 Å². The molecular formula is C16H22ClN3O3. The van der Waals surface area contributed by atoms with Crippen molar-refractivity contribution in [1.29, 1.82) is 0 Å². The molecule has 0 spiro atoms. The molecule has 1 aromatic heterocycles. The predicted octanol–water partition coefficient (Wildman–Crippen LogP) is 2.70. The maximum absolute atomic E-state index is 6.23. The zero-order valence-corrected chi connectivity index (χ0v) is 14.8. The Morgan fingerprint density at radius 2 is 1.70 bits per heavy atom. The number of benzene rings is 1. The number of methoxy groups -OCH3 is 3. The molecule has 0 bridgehead atoms. The number of aryl methyl sites for hydroxylation is 2. The molecule has 0 fully saturated rings. The van der Waals surface area contributed by atoms with Gasteiger partial charge in [-0.25, -0.2) is 0 Å². The van der Waals surface area contributed by atoms with Gasteiger partial charge >= 0.3 is 0 Å². The van der Waals surface area contributed by atoms with Crippen molar-refractivity contribution in [3.63, 3.8) is 0 Å². The molecule has 0 radical (unpaired) electrons. The van der Waals surface area contributed by atoms with Gasteiger partial charge in [-0.3, -0.25) is 4.68 Å². The highest BCUT2D eigenvalue weighted by atomic mass is 35.5. The Bertz CT molecular complexity index is 660. The van der Waals surface area contributed by atoms with Crippen molar-refractivity contribution in [2.24, 2.45) is 7.05 Å². The van der Waals surface area contributed by atoms with Crippen molar-refractivity contribution >= 4 is 11.6 Å². The number of rotatable bonds is 7. The van der Waals surface area contributed by atoms with E-state index in [-0.39, 0.29) is 0 Å². The summed E-state index contributed by atoms with van der Waals surface area (Å²) in [4.78, 5) is 0. The van der Waals surface area contributed by atoms with Crippen LogP contribution in [0, 0.1) is 6.92 Å². The first kappa shape index (κ1) is 17.4. The predicted molar refractivity (Wildman–Crippen MR) is 89.6 cm³/mol. The monoisotopic (exact) mass is 339 g/mol.